The Morgan fingerprint density at radius 1 is 1.22 bits per heavy atom. The summed E-state index contributed by atoms with van der Waals surface area (Å²) in [6.07, 6.45) is 0.688. The van der Waals surface area contributed by atoms with E-state index in [1.54, 1.807) is 0 Å². The van der Waals surface area contributed by atoms with Crippen LogP contribution in [0.1, 0.15) is 19.8 Å². The van der Waals surface area contributed by atoms with Crippen LogP contribution in [0.2, 0.25) is 5.31 Å². The van der Waals surface area contributed by atoms with Gasteiger partial charge in [-0.1, -0.05) is 25.1 Å². The van der Waals surface area contributed by atoms with Crippen LogP contribution < -0.4 is 51.4 Å². The molecule has 0 atom stereocenters. The Balaban J connectivity index is 0.000000640. The monoisotopic (exact) mass is 162 g/mol. The van der Waals surface area contributed by atoms with Crippen molar-refractivity contribution in [2.45, 2.75) is 25.1 Å². The van der Waals surface area contributed by atoms with Gasteiger partial charge in [-0.15, -0.1) is 0 Å². The minimum atomic E-state index is -4.53. The molecule has 0 saturated heterocycles. The van der Waals surface area contributed by atoms with Gasteiger partial charge in [0.25, 0.3) is 0 Å². The summed E-state index contributed by atoms with van der Waals surface area (Å²) < 4.78 is 35.1. The smallest absolute Gasteiger partial charge is 0.449 e. The molecule has 0 bridgehead atoms. The fourth-order valence-electron chi connectivity index (χ4n) is 0.524. The van der Waals surface area contributed by atoms with Crippen LogP contribution in [0.4, 0.5) is 12.9 Å². The first-order chi connectivity index (χ1) is 3.46. The molecule has 5 heteroatoms. The minimum absolute atomic E-state index is 0. The van der Waals surface area contributed by atoms with Crippen molar-refractivity contribution in [3.05, 3.63) is 0 Å². The topological polar surface area (TPSA) is 0 Å². The maximum atomic E-state index is 11.7. The fourth-order valence-corrected chi connectivity index (χ4v) is 0.524. The predicted molar refractivity (Wildman–Crippen MR) is 26.7 cm³/mol. The van der Waals surface area contributed by atoms with E-state index in [9.17, 15) is 12.9 Å². The van der Waals surface area contributed by atoms with Gasteiger partial charge in [-0.2, -0.15) is 0 Å². The first-order valence-electron chi connectivity index (χ1n) is 2.65. The molecular formula is C4H7BF3K. The molecule has 1 aliphatic rings. The Morgan fingerprint density at radius 3 is 1.56 bits per heavy atom. The van der Waals surface area contributed by atoms with Gasteiger partial charge in [-0.05, 0) is 0 Å². The quantitative estimate of drug-likeness (QED) is 0.451. The maximum absolute atomic E-state index is 11.7. The second kappa shape index (κ2) is 2.85. The van der Waals surface area contributed by atoms with Crippen molar-refractivity contribution in [2.24, 2.45) is 0 Å². The zero-order valence-corrected chi connectivity index (χ0v) is 8.75. The molecule has 0 unspecified atom stereocenters. The summed E-state index contributed by atoms with van der Waals surface area (Å²) in [6, 6.07) is 0. The Kier molecular flexibility index (Phi) is 3.32. The fraction of sp³-hybridized carbons (Fsp3) is 1.00. The Morgan fingerprint density at radius 2 is 1.56 bits per heavy atom. The van der Waals surface area contributed by atoms with Gasteiger partial charge in [0.05, 0.1) is 0 Å². The van der Waals surface area contributed by atoms with Crippen LogP contribution in [0.5, 0.6) is 0 Å². The molecular weight excluding hydrogens is 155 g/mol. The average molecular weight is 162 g/mol. The molecule has 0 radical (unpaired) electrons. The molecule has 1 saturated carbocycles. The maximum Gasteiger partial charge on any atom is 1.00 e. The molecule has 0 amide bonds. The van der Waals surface area contributed by atoms with E-state index < -0.39 is 12.3 Å². The molecule has 0 aromatic rings. The summed E-state index contributed by atoms with van der Waals surface area (Å²) >= 11 is 0. The number of hydrogen-bond donors (Lipinski definition) is 0. The van der Waals surface area contributed by atoms with Crippen LogP contribution >= 0.6 is 0 Å². The van der Waals surface area contributed by atoms with E-state index in [0.29, 0.717) is 12.8 Å². The van der Waals surface area contributed by atoms with Crippen LogP contribution in [-0.4, -0.2) is 6.98 Å². The summed E-state index contributed by atoms with van der Waals surface area (Å²) in [5, 5.41) is -1.25. The molecule has 1 aliphatic carbocycles. The molecule has 1 rings (SSSR count). The van der Waals surface area contributed by atoms with Crippen molar-refractivity contribution in [2.75, 3.05) is 0 Å². The van der Waals surface area contributed by atoms with Gasteiger partial charge in [0.2, 0.25) is 0 Å². The molecule has 0 N–H and O–H groups in total. The summed E-state index contributed by atoms with van der Waals surface area (Å²) in [7, 11) is 0. The summed E-state index contributed by atoms with van der Waals surface area (Å²) in [5.41, 5.74) is 0. The van der Waals surface area contributed by atoms with E-state index in [2.05, 4.69) is 0 Å². The van der Waals surface area contributed by atoms with Crippen molar-refractivity contribution in [3.8, 4) is 0 Å². The summed E-state index contributed by atoms with van der Waals surface area (Å²) in [6.45, 7) is -3.25. The number of hydrogen-bond acceptors (Lipinski definition) is 0. The van der Waals surface area contributed by atoms with Crippen LogP contribution in [0.3, 0.4) is 0 Å². The van der Waals surface area contributed by atoms with Gasteiger partial charge in [-0.3, -0.25) is 0 Å². The van der Waals surface area contributed by atoms with E-state index in [1.165, 1.54) is 6.92 Å². The number of rotatable bonds is 1. The standard InChI is InChI=1S/C4H7BF3.K/c1-4(2-3-4)5(6,7)8;/h2-3H2,1H3;/q-1;+1. The van der Waals surface area contributed by atoms with Crippen molar-refractivity contribution >= 4 is 6.98 Å². The van der Waals surface area contributed by atoms with E-state index in [4.69, 9.17) is 0 Å². The van der Waals surface area contributed by atoms with Crippen molar-refractivity contribution in [3.63, 3.8) is 0 Å². The number of halogens is 3. The Bertz CT molecular complexity index is 104. The average Bonchev–Trinajstić information content (AvgIpc) is 2.16. The first-order valence-corrected chi connectivity index (χ1v) is 2.65. The molecule has 0 aromatic carbocycles. The second-order valence-electron chi connectivity index (χ2n) is 2.73. The van der Waals surface area contributed by atoms with Crippen LogP contribution in [0.25, 0.3) is 0 Å². The third-order valence-corrected chi connectivity index (χ3v) is 1.83. The van der Waals surface area contributed by atoms with Gasteiger partial charge < -0.3 is 12.9 Å². The molecule has 48 valence electrons. The van der Waals surface area contributed by atoms with Gasteiger partial charge in [0.15, 0.2) is 0 Å². The van der Waals surface area contributed by atoms with Crippen LogP contribution in [-0.2, 0) is 0 Å². The predicted octanol–water partition coefficient (Wildman–Crippen LogP) is -0.608. The SMILES string of the molecule is CC1([B-](F)(F)F)CC1.[K+]. The minimum Gasteiger partial charge on any atom is -0.449 e. The van der Waals surface area contributed by atoms with Crippen LogP contribution in [0.15, 0.2) is 0 Å². The zero-order valence-electron chi connectivity index (χ0n) is 5.63. The summed E-state index contributed by atoms with van der Waals surface area (Å²) in [4.78, 5) is 0. The first kappa shape index (κ1) is 10.5. The molecule has 9 heavy (non-hydrogen) atoms. The largest absolute Gasteiger partial charge is 1.00 e. The molecule has 0 spiro atoms. The molecule has 0 heterocycles. The summed E-state index contributed by atoms with van der Waals surface area (Å²) in [5.74, 6) is 0. The normalized spacial score (nSPS) is 22.7. The van der Waals surface area contributed by atoms with Crippen molar-refractivity contribution < 1.29 is 64.3 Å². The zero-order chi connectivity index (χ0) is 6.41. The van der Waals surface area contributed by atoms with Crippen molar-refractivity contribution in [1.29, 1.82) is 0 Å². The van der Waals surface area contributed by atoms with E-state index in [-0.39, 0.29) is 51.4 Å². The second-order valence-corrected chi connectivity index (χ2v) is 2.73. The third-order valence-electron chi connectivity index (χ3n) is 1.83. The van der Waals surface area contributed by atoms with Gasteiger partial charge >= 0.3 is 58.4 Å². The van der Waals surface area contributed by atoms with E-state index in [1.807, 2.05) is 0 Å². The van der Waals surface area contributed by atoms with Crippen LogP contribution in [0, 0.1) is 0 Å². The Hall–Kier alpha value is 1.49. The molecule has 0 aromatic heterocycles. The molecule has 0 nitrogen and oxygen atoms in total. The van der Waals surface area contributed by atoms with Gasteiger partial charge in [-0.25, -0.2) is 0 Å². The van der Waals surface area contributed by atoms with E-state index in [0.717, 1.165) is 0 Å². The molecule has 0 aliphatic heterocycles. The van der Waals surface area contributed by atoms with Crippen molar-refractivity contribution in [1.82, 2.24) is 0 Å². The third kappa shape index (κ3) is 2.22. The van der Waals surface area contributed by atoms with E-state index >= 15 is 0 Å². The van der Waals surface area contributed by atoms with Gasteiger partial charge in [0.1, 0.15) is 0 Å². The molecule has 1 fully saturated rings. The Labute approximate surface area is 95.1 Å². The van der Waals surface area contributed by atoms with Gasteiger partial charge in [0, 0.05) is 0 Å².